The van der Waals surface area contributed by atoms with Crippen molar-refractivity contribution < 1.29 is 21.9 Å². The molecule has 0 aliphatic heterocycles. The van der Waals surface area contributed by atoms with Gasteiger partial charge in [0.05, 0.1) is 29.2 Å². The van der Waals surface area contributed by atoms with Gasteiger partial charge in [-0.3, -0.25) is 4.72 Å². The summed E-state index contributed by atoms with van der Waals surface area (Å²) >= 11 is 1.04. The number of sulfonamides is 1. The fraction of sp³-hybridized carbons (Fsp3) is 0.500. The Hall–Kier alpha value is -1.15. The highest BCUT2D eigenvalue weighted by molar-refractivity contribution is 7.95. The molecule has 1 aromatic rings. The number of hydrogen-bond acceptors (Lipinski definition) is 7. The van der Waals surface area contributed by atoms with Crippen LogP contribution in [0.25, 0.3) is 0 Å². The Labute approximate surface area is 122 Å². The second-order valence-electron chi connectivity index (χ2n) is 3.86. The van der Waals surface area contributed by atoms with Gasteiger partial charge in [0.25, 0.3) is 0 Å². The maximum Gasteiger partial charge on any atom is 0.235 e. The van der Waals surface area contributed by atoms with Crippen molar-refractivity contribution in [2.24, 2.45) is 0 Å². The lowest BCUT2D eigenvalue weighted by atomic mass is 10.4. The van der Waals surface area contributed by atoms with Gasteiger partial charge in [0.15, 0.2) is 5.13 Å². The summed E-state index contributed by atoms with van der Waals surface area (Å²) in [7, 11) is -7.09. The Bertz CT molecular complexity index is 710. The van der Waals surface area contributed by atoms with Crippen LogP contribution in [0.1, 0.15) is 11.3 Å². The van der Waals surface area contributed by atoms with Crippen LogP contribution >= 0.6 is 11.3 Å². The lowest BCUT2D eigenvalue weighted by molar-refractivity contribution is 0.305. The summed E-state index contributed by atoms with van der Waals surface area (Å²) in [5.41, 5.74) is 0. The van der Waals surface area contributed by atoms with Crippen molar-refractivity contribution in [2.75, 3.05) is 29.1 Å². The average molecular weight is 338 g/mol. The Morgan fingerprint density at radius 1 is 1.35 bits per heavy atom. The van der Waals surface area contributed by atoms with Gasteiger partial charge in [0.2, 0.25) is 10.0 Å². The van der Waals surface area contributed by atoms with Gasteiger partial charge in [0, 0.05) is 12.7 Å². The van der Waals surface area contributed by atoms with E-state index in [9.17, 15) is 16.8 Å². The standard InChI is InChI=1S/C10H14N2O5S3/c1-19(14,15)6-7-20(16,17)12-10-11-8-9(18-10)4-2-3-5-13/h8,13H,3,5-7H2,1H3,(H,11,12). The number of nitrogens with zero attached hydrogens (tertiary/aromatic N) is 1. The van der Waals surface area contributed by atoms with Crippen LogP contribution in [0.2, 0.25) is 0 Å². The van der Waals surface area contributed by atoms with Crippen LogP contribution in [0.5, 0.6) is 0 Å². The van der Waals surface area contributed by atoms with Crippen LogP contribution in [-0.4, -0.2) is 51.3 Å². The number of hydrogen-bond donors (Lipinski definition) is 2. The molecule has 0 atom stereocenters. The molecule has 7 nitrogen and oxygen atoms in total. The molecule has 0 fully saturated rings. The highest BCUT2D eigenvalue weighted by atomic mass is 32.2. The lowest BCUT2D eigenvalue weighted by Crippen LogP contribution is -2.22. The summed E-state index contributed by atoms with van der Waals surface area (Å²) in [5, 5.41) is 8.70. The molecule has 112 valence electrons. The third-order valence-electron chi connectivity index (χ3n) is 1.92. The highest BCUT2D eigenvalue weighted by Gasteiger charge is 2.16. The Kier molecular flexibility index (Phi) is 5.94. The third kappa shape index (κ3) is 6.85. The second kappa shape index (κ2) is 7.03. The first kappa shape index (κ1) is 16.9. The molecule has 0 spiro atoms. The molecule has 2 N–H and O–H groups in total. The summed E-state index contributed by atoms with van der Waals surface area (Å²) in [5.74, 6) is 4.45. The van der Waals surface area contributed by atoms with E-state index in [-0.39, 0.29) is 11.7 Å². The number of aliphatic hydroxyl groups is 1. The van der Waals surface area contributed by atoms with Crippen LogP contribution in [0.4, 0.5) is 5.13 Å². The fourth-order valence-electron chi connectivity index (χ4n) is 1.03. The third-order valence-corrected chi connectivity index (χ3v) is 5.33. The van der Waals surface area contributed by atoms with Gasteiger partial charge >= 0.3 is 0 Å². The van der Waals surface area contributed by atoms with E-state index < -0.39 is 31.4 Å². The predicted molar refractivity (Wildman–Crippen MR) is 77.8 cm³/mol. The van der Waals surface area contributed by atoms with Gasteiger partial charge in [-0.05, 0) is 0 Å². The van der Waals surface area contributed by atoms with E-state index in [1.165, 1.54) is 6.20 Å². The van der Waals surface area contributed by atoms with Gasteiger partial charge in [-0.15, -0.1) is 0 Å². The quantitative estimate of drug-likeness (QED) is 0.686. The summed E-state index contributed by atoms with van der Waals surface area (Å²) in [6.45, 7) is -0.0449. The average Bonchev–Trinajstić information content (AvgIpc) is 2.73. The number of sulfone groups is 1. The fourth-order valence-corrected chi connectivity index (χ4v) is 4.63. The van der Waals surface area contributed by atoms with Gasteiger partial charge in [-0.1, -0.05) is 23.2 Å². The Morgan fingerprint density at radius 2 is 2.05 bits per heavy atom. The van der Waals surface area contributed by atoms with Crippen molar-refractivity contribution in [2.45, 2.75) is 6.42 Å². The van der Waals surface area contributed by atoms with E-state index >= 15 is 0 Å². The van der Waals surface area contributed by atoms with Gasteiger partial charge < -0.3 is 5.11 Å². The maximum absolute atomic E-state index is 11.6. The number of nitrogens with one attached hydrogen (secondary N) is 1. The monoisotopic (exact) mass is 338 g/mol. The van der Waals surface area contributed by atoms with E-state index in [4.69, 9.17) is 5.11 Å². The molecule has 1 aromatic heterocycles. The van der Waals surface area contributed by atoms with Crippen LogP contribution in [0.3, 0.4) is 0 Å². The zero-order valence-corrected chi connectivity index (χ0v) is 13.1. The first-order valence-electron chi connectivity index (χ1n) is 5.45. The van der Waals surface area contributed by atoms with Crippen molar-refractivity contribution in [3.8, 4) is 11.8 Å². The smallest absolute Gasteiger partial charge is 0.235 e. The first-order valence-corrected chi connectivity index (χ1v) is 9.98. The van der Waals surface area contributed by atoms with Gasteiger partial charge in [-0.2, -0.15) is 0 Å². The normalized spacial score (nSPS) is 11.7. The maximum atomic E-state index is 11.6. The van der Waals surface area contributed by atoms with Gasteiger partial charge in [-0.25, -0.2) is 21.8 Å². The number of aromatic nitrogens is 1. The molecule has 0 bridgehead atoms. The molecule has 20 heavy (non-hydrogen) atoms. The topological polar surface area (TPSA) is 113 Å². The minimum Gasteiger partial charge on any atom is -0.395 e. The van der Waals surface area contributed by atoms with Crippen molar-refractivity contribution >= 4 is 36.3 Å². The summed E-state index contributed by atoms with van der Waals surface area (Å²) in [6.07, 6.45) is 2.71. The molecule has 0 aliphatic rings. The number of rotatable bonds is 6. The molecule has 1 heterocycles. The molecule has 0 aromatic carbocycles. The molecular weight excluding hydrogens is 324 g/mol. The van der Waals surface area contributed by atoms with Crippen LogP contribution < -0.4 is 4.72 Å². The highest BCUT2D eigenvalue weighted by Crippen LogP contribution is 2.18. The predicted octanol–water partition coefficient (Wildman–Crippen LogP) is -0.337. The molecule has 0 saturated heterocycles. The van der Waals surface area contributed by atoms with Crippen molar-refractivity contribution in [3.63, 3.8) is 0 Å². The minimum absolute atomic E-state index is 0.0449. The zero-order chi connectivity index (χ0) is 15.2. The SMILES string of the molecule is CS(=O)(=O)CCS(=O)(=O)Nc1ncc(C#CCCO)s1. The molecule has 0 amide bonds. The number of aliphatic hydroxyl groups excluding tert-OH is 1. The Balaban J connectivity index is 2.67. The second-order valence-corrected chi connectivity index (χ2v) is 8.99. The van der Waals surface area contributed by atoms with E-state index in [1.807, 2.05) is 0 Å². The van der Waals surface area contributed by atoms with Crippen molar-refractivity contribution in [1.29, 1.82) is 0 Å². The number of anilines is 1. The van der Waals surface area contributed by atoms with Crippen molar-refractivity contribution in [1.82, 2.24) is 4.98 Å². The van der Waals surface area contributed by atoms with Crippen molar-refractivity contribution in [3.05, 3.63) is 11.1 Å². The minimum atomic E-state index is -3.75. The van der Waals surface area contributed by atoms with Gasteiger partial charge in [0.1, 0.15) is 9.84 Å². The molecule has 0 unspecified atom stereocenters. The largest absolute Gasteiger partial charge is 0.395 e. The first-order chi connectivity index (χ1) is 9.22. The summed E-state index contributed by atoms with van der Waals surface area (Å²) < 4.78 is 47.4. The molecule has 0 saturated carbocycles. The van der Waals surface area contributed by atoms with E-state index in [2.05, 4.69) is 21.5 Å². The summed E-state index contributed by atoms with van der Waals surface area (Å²) in [4.78, 5) is 4.39. The Morgan fingerprint density at radius 3 is 2.65 bits per heavy atom. The van der Waals surface area contributed by atoms with E-state index in [1.54, 1.807) is 0 Å². The van der Waals surface area contributed by atoms with E-state index in [0.29, 0.717) is 11.3 Å². The zero-order valence-electron chi connectivity index (χ0n) is 10.7. The molecule has 0 aliphatic carbocycles. The van der Waals surface area contributed by atoms with Crippen LogP contribution in [0, 0.1) is 11.8 Å². The van der Waals surface area contributed by atoms with E-state index in [0.717, 1.165) is 17.6 Å². The molecule has 0 radical (unpaired) electrons. The lowest BCUT2D eigenvalue weighted by Gasteiger charge is -2.03. The van der Waals surface area contributed by atoms with Crippen LogP contribution in [-0.2, 0) is 19.9 Å². The molecular formula is C10H14N2O5S3. The molecule has 1 rings (SSSR count). The molecule has 10 heteroatoms. The van der Waals surface area contributed by atoms with Crippen LogP contribution in [0.15, 0.2) is 6.20 Å². The summed E-state index contributed by atoms with van der Waals surface area (Å²) in [6, 6.07) is 0. The number of thiazole rings is 1.